The third-order valence-electron chi connectivity index (χ3n) is 3.01. The summed E-state index contributed by atoms with van der Waals surface area (Å²) >= 11 is 1.62. The van der Waals surface area contributed by atoms with Crippen LogP contribution in [0.15, 0.2) is 34.2 Å². The van der Waals surface area contributed by atoms with Crippen molar-refractivity contribution in [1.82, 2.24) is 5.16 Å². The molecule has 0 fully saturated rings. The molecule has 0 aliphatic carbocycles. The van der Waals surface area contributed by atoms with E-state index in [0.29, 0.717) is 5.69 Å². The zero-order valence-electron chi connectivity index (χ0n) is 10.8. The topological polar surface area (TPSA) is 78.4 Å². The molecule has 0 saturated heterocycles. The number of anilines is 1. The van der Waals surface area contributed by atoms with E-state index >= 15 is 0 Å². The quantitative estimate of drug-likeness (QED) is 0.749. The number of carbonyl (C=O) groups is 1. The summed E-state index contributed by atoms with van der Waals surface area (Å²) in [7, 11) is 0. The van der Waals surface area contributed by atoms with E-state index in [4.69, 9.17) is 15.0 Å². The Labute approximate surface area is 118 Å². The Balaban J connectivity index is 1.78. The lowest BCUT2D eigenvalue weighted by atomic mass is 10.2. The fourth-order valence-electron chi connectivity index (χ4n) is 2.00. The molecule has 3 aromatic rings. The number of thiophene rings is 1. The summed E-state index contributed by atoms with van der Waals surface area (Å²) in [4.78, 5) is 12.0. The first-order chi connectivity index (χ1) is 9.66. The van der Waals surface area contributed by atoms with E-state index in [1.165, 1.54) is 4.70 Å². The van der Waals surface area contributed by atoms with E-state index < -0.39 is 5.97 Å². The summed E-state index contributed by atoms with van der Waals surface area (Å²) in [5, 5.41) is 6.72. The summed E-state index contributed by atoms with van der Waals surface area (Å²) in [5.74, 6) is -0.529. The number of rotatable bonds is 3. The van der Waals surface area contributed by atoms with Crippen molar-refractivity contribution in [2.45, 2.75) is 13.5 Å². The largest absolute Gasteiger partial charge is 0.457 e. The molecule has 0 amide bonds. The number of benzene rings is 1. The number of aryl methyl sites for hydroxylation is 1. The van der Waals surface area contributed by atoms with Gasteiger partial charge in [0.05, 0.1) is 5.69 Å². The molecule has 6 heteroatoms. The summed E-state index contributed by atoms with van der Waals surface area (Å²) in [6, 6.07) is 7.99. The van der Waals surface area contributed by atoms with Crippen LogP contribution < -0.4 is 5.73 Å². The predicted octanol–water partition coefficient (Wildman–Crippen LogP) is 3.14. The molecule has 0 spiro atoms. The van der Waals surface area contributed by atoms with Crippen molar-refractivity contribution in [2.24, 2.45) is 0 Å². The first-order valence-corrected chi connectivity index (χ1v) is 6.88. The Bertz CT molecular complexity index is 756. The first-order valence-electron chi connectivity index (χ1n) is 6.01. The number of nitrogen functional groups attached to an aromatic ring is 1. The smallest absolute Gasteiger partial charge is 0.346 e. The molecule has 2 heterocycles. The van der Waals surface area contributed by atoms with Crippen molar-refractivity contribution in [2.75, 3.05) is 5.73 Å². The highest BCUT2D eigenvalue weighted by Crippen LogP contribution is 2.26. The van der Waals surface area contributed by atoms with Crippen LogP contribution in [0.3, 0.4) is 0 Å². The molecule has 102 valence electrons. The first kappa shape index (κ1) is 12.7. The van der Waals surface area contributed by atoms with Gasteiger partial charge in [-0.1, -0.05) is 23.4 Å². The minimum Gasteiger partial charge on any atom is -0.457 e. The molecular formula is C14H12N2O3S. The zero-order valence-corrected chi connectivity index (χ0v) is 11.6. The monoisotopic (exact) mass is 288 g/mol. The summed E-state index contributed by atoms with van der Waals surface area (Å²) in [6.07, 6.45) is 0. The number of hydrogen-bond donors (Lipinski definition) is 1. The van der Waals surface area contributed by atoms with Crippen LogP contribution in [0, 0.1) is 6.92 Å². The molecule has 0 saturated carbocycles. The van der Waals surface area contributed by atoms with Gasteiger partial charge in [0.2, 0.25) is 5.88 Å². The fourth-order valence-corrected chi connectivity index (χ4v) is 2.94. The van der Waals surface area contributed by atoms with E-state index in [1.54, 1.807) is 18.3 Å². The van der Waals surface area contributed by atoms with E-state index in [9.17, 15) is 4.79 Å². The Morgan fingerprint density at radius 1 is 1.45 bits per heavy atom. The second-order valence-electron chi connectivity index (χ2n) is 4.34. The molecule has 0 atom stereocenters. The van der Waals surface area contributed by atoms with E-state index in [2.05, 4.69) is 5.16 Å². The maximum Gasteiger partial charge on any atom is 0.346 e. The minimum atomic E-state index is -0.517. The van der Waals surface area contributed by atoms with E-state index in [-0.39, 0.29) is 18.1 Å². The van der Waals surface area contributed by atoms with Crippen LogP contribution in [0.5, 0.6) is 0 Å². The van der Waals surface area contributed by atoms with Crippen LogP contribution in [0.4, 0.5) is 5.88 Å². The third kappa shape index (κ3) is 2.14. The second kappa shape index (κ2) is 4.97. The Kier molecular flexibility index (Phi) is 3.15. The van der Waals surface area contributed by atoms with Crippen molar-refractivity contribution in [3.05, 3.63) is 46.5 Å². The van der Waals surface area contributed by atoms with Crippen molar-refractivity contribution in [3.8, 4) is 0 Å². The molecule has 0 unspecified atom stereocenters. The van der Waals surface area contributed by atoms with Crippen molar-refractivity contribution in [1.29, 1.82) is 0 Å². The summed E-state index contributed by atoms with van der Waals surface area (Å²) in [5.41, 5.74) is 7.16. The van der Waals surface area contributed by atoms with Gasteiger partial charge in [0.1, 0.15) is 12.2 Å². The normalized spacial score (nSPS) is 10.8. The Hall–Kier alpha value is -2.34. The van der Waals surface area contributed by atoms with Crippen LogP contribution in [0.2, 0.25) is 0 Å². The van der Waals surface area contributed by atoms with E-state index in [0.717, 1.165) is 10.9 Å². The lowest BCUT2D eigenvalue weighted by Gasteiger charge is -2.03. The van der Waals surface area contributed by atoms with Gasteiger partial charge in [-0.05, 0) is 23.8 Å². The third-order valence-corrected chi connectivity index (χ3v) is 4.03. The highest BCUT2D eigenvalue weighted by atomic mass is 32.1. The van der Waals surface area contributed by atoms with Gasteiger partial charge in [0, 0.05) is 10.3 Å². The summed E-state index contributed by atoms with van der Waals surface area (Å²) < 4.78 is 11.2. The van der Waals surface area contributed by atoms with Gasteiger partial charge in [-0.15, -0.1) is 11.3 Å². The molecule has 1 aromatic carbocycles. The lowest BCUT2D eigenvalue weighted by Crippen LogP contribution is -2.07. The average Bonchev–Trinajstić information content (AvgIpc) is 3.00. The van der Waals surface area contributed by atoms with E-state index in [1.807, 2.05) is 29.6 Å². The standard InChI is InChI=1S/C14H12N2O3S/c1-8-12(13(15)19-16-8)14(17)18-6-9-7-20-11-5-3-2-4-10(9)11/h2-5,7H,6,15H2,1H3. The predicted molar refractivity (Wildman–Crippen MR) is 76.6 cm³/mol. The molecule has 5 nitrogen and oxygen atoms in total. The number of esters is 1. The molecule has 0 aliphatic rings. The maximum atomic E-state index is 12.0. The average molecular weight is 288 g/mol. The Morgan fingerprint density at radius 3 is 3.00 bits per heavy atom. The van der Waals surface area contributed by atoms with Gasteiger partial charge in [0.15, 0.2) is 0 Å². The van der Waals surface area contributed by atoms with Crippen molar-refractivity contribution in [3.63, 3.8) is 0 Å². The number of hydrogen-bond acceptors (Lipinski definition) is 6. The molecule has 2 aromatic heterocycles. The number of carbonyl (C=O) groups excluding carboxylic acids is 1. The summed E-state index contributed by atoms with van der Waals surface area (Å²) in [6.45, 7) is 1.85. The highest BCUT2D eigenvalue weighted by molar-refractivity contribution is 7.17. The van der Waals surface area contributed by atoms with Crippen LogP contribution in [0.25, 0.3) is 10.1 Å². The molecule has 0 aliphatic heterocycles. The molecule has 0 radical (unpaired) electrons. The van der Waals surface area contributed by atoms with Crippen LogP contribution in [0.1, 0.15) is 21.6 Å². The van der Waals surface area contributed by atoms with Gasteiger partial charge in [-0.2, -0.15) is 0 Å². The van der Waals surface area contributed by atoms with Gasteiger partial charge < -0.3 is 15.0 Å². The highest BCUT2D eigenvalue weighted by Gasteiger charge is 2.20. The van der Waals surface area contributed by atoms with Crippen LogP contribution >= 0.6 is 11.3 Å². The van der Waals surface area contributed by atoms with Crippen molar-refractivity contribution < 1.29 is 14.1 Å². The van der Waals surface area contributed by atoms with Crippen LogP contribution in [-0.2, 0) is 11.3 Å². The molecule has 2 N–H and O–H groups in total. The molecule has 0 bridgehead atoms. The number of ether oxygens (including phenoxy) is 1. The van der Waals surface area contributed by atoms with Gasteiger partial charge in [-0.25, -0.2) is 4.79 Å². The van der Waals surface area contributed by atoms with Crippen LogP contribution in [-0.4, -0.2) is 11.1 Å². The number of nitrogens with zero attached hydrogens (tertiary/aromatic N) is 1. The molecule has 20 heavy (non-hydrogen) atoms. The SMILES string of the molecule is Cc1noc(N)c1C(=O)OCc1csc2ccccc12. The van der Waals surface area contributed by atoms with Gasteiger partial charge in [-0.3, -0.25) is 0 Å². The maximum absolute atomic E-state index is 12.0. The minimum absolute atomic E-state index is 0.0114. The fraction of sp³-hybridized carbons (Fsp3) is 0.143. The number of fused-ring (bicyclic) bond motifs is 1. The van der Waals surface area contributed by atoms with Crippen molar-refractivity contribution >= 4 is 33.3 Å². The van der Waals surface area contributed by atoms with Gasteiger partial charge >= 0.3 is 5.97 Å². The lowest BCUT2D eigenvalue weighted by molar-refractivity contribution is 0.0475. The Morgan fingerprint density at radius 2 is 2.25 bits per heavy atom. The second-order valence-corrected chi connectivity index (χ2v) is 5.25. The number of nitrogens with two attached hydrogens (primary N) is 1. The molecule has 3 rings (SSSR count). The van der Waals surface area contributed by atoms with Gasteiger partial charge in [0.25, 0.3) is 0 Å². The molecular weight excluding hydrogens is 276 g/mol. The number of aromatic nitrogens is 1. The zero-order chi connectivity index (χ0) is 14.1.